The van der Waals surface area contributed by atoms with Crippen LogP contribution in [-0.2, 0) is 0 Å². The molecular formula is C13H13BrN2. The number of anilines is 3. The summed E-state index contributed by atoms with van der Waals surface area (Å²) in [5, 5.41) is 3.30. The molecule has 0 spiro atoms. The van der Waals surface area contributed by atoms with Crippen molar-refractivity contribution in [3.05, 3.63) is 52.5 Å². The van der Waals surface area contributed by atoms with Gasteiger partial charge in [0.05, 0.1) is 0 Å². The van der Waals surface area contributed by atoms with E-state index >= 15 is 0 Å². The quantitative estimate of drug-likeness (QED) is 0.811. The van der Waals surface area contributed by atoms with E-state index < -0.39 is 0 Å². The van der Waals surface area contributed by atoms with Gasteiger partial charge in [-0.2, -0.15) is 0 Å². The normalized spacial score (nSPS) is 10.1. The lowest BCUT2D eigenvalue weighted by atomic mass is 10.2. The Hall–Kier alpha value is -1.48. The first-order chi connectivity index (χ1) is 7.65. The zero-order chi connectivity index (χ0) is 11.5. The molecule has 82 valence electrons. The number of aryl methyl sites for hydroxylation is 1. The van der Waals surface area contributed by atoms with Crippen LogP contribution in [0.15, 0.2) is 46.9 Å². The summed E-state index contributed by atoms with van der Waals surface area (Å²) in [5.41, 5.74) is 9.74. The van der Waals surface area contributed by atoms with Crippen molar-refractivity contribution < 1.29 is 0 Å². The van der Waals surface area contributed by atoms with Crippen molar-refractivity contribution in [3.63, 3.8) is 0 Å². The van der Waals surface area contributed by atoms with Gasteiger partial charge in [0.1, 0.15) is 0 Å². The Kier molecular flexibility index (Phi) is 3.15. The summed E-state index contributed by atoms with van der Waals surface area (Å²) >= 11 is 3.51. The minimum absolute atomic E-state index is 0.760. The van der Waals surface area contributed by atoms with Crippen LogP contribution >= 0.6 is 15.9 Å². The van der Waals surface area contributed by atoms with E-state index in [9.17, 15) is 0 Å². The lowest BCUT2D eigenvalue weighted by molar-refractivity contribution is 1.42. The van der Waals surface area contributed by atoms with Crippen molar-refractivity contribution in [3.8, 4) is 0 Å². The molecule has 0 bridgehead atoms. The molecule has 0 aliphatic rings. The summed E-state index contributed by atoms with van der Waals surface area (Å²) in [6.07, 6.45) is 0. The van der Waals surface area contributed by atoms with Gasteiger partial charge in [0.25, 0.3) is 0 Å². The zero-order valence-electron chi connectivity index (χ0n) is 9.00. The molecule has 0 atom stereocenters. The van der Waals surface area contributed by atoms with Gasteiger partial charge < -0.3 is 11.1 Å². The fraction of sp³-hybridized carbons (Fsp3) is 0.0769. The van der Waals surface area contributed by atoms with Crippen LogP contribution in [-0.4, -0.2) is 0 Å². The minimum Gasteiger partial charge on any atom is -0.399 e. The van der Waals surface area contributed by atoms with Gasteiger partial charge in [-0.1, -0.05) is 28.1 Å². The number of nitrogens with one attached hydrogen (secondary N) is 1. The molecule has 2 aromatic rings. The van der Waals surface area contributed by atoms with Crippen LogP contribution in [0.25, 0.3) is 0 Å². The number of nitrogen functional groups attached to an aromatic ring is 1. The summed E-state index contributed by atoms with van der Waals surface area (Å²) in [4.78, 5) is 0. The van der Waals surface area contributed by atoms with Crippen molar-refractivity contribution in [2.45, 2.75) is 6.92 Å². The van der Waals surface area contributed by atoms with E-state index in [0.29, 0.717) is 0 Å². The summed E-state index contributed by atoms with van der Waals surface area (Å²) in [7, 11) is 0. The maximum absolute atomic E-state index is 5.72. The third-order valence-corrected chi connectivity index (χ3v) is 3.20. The SMILES string of the molecule is Cc1ccc(Nc2cccc(N)c2)cc1Br. The van der Waals surface area contributed by atoms with Gasteiger partial charge in [-0.25, -0.2) is 0 Å². The maximum atomic E-state index is 5.72. The first kappa shape index (κ1) is 11.0. The highest BCUT2D eigenvalue weighted by Gasteiger charge is 1.98. The number of rotatable bonds is 2. The van der Waals surface area contributed by atoms with E-state index in [1.165, 1.54) is 5.56 Å². The predicted molar refractivity (Wildman–Crippen MR) is 73.0 cm³/mol. The Morgan fingerprint density at radius 1 is 1.06 bits per heavy atom. The monoisotopic (exact) mass is 276 g/mol. The fourth-order valence-corrected chi connectivity index (χ4v) is 1.83. The molecule has 0 unspecified atom stereocenters. The number of benzene rings is 2. The molecule has 0 saturated heterocycles. The van der Waals surface area contributed by atoms with Gasteiger partial charge >= 0.3 is 0 Å². The van der Waals surface area contributed by atoms with Gasteiger partial charge in [0, 0.05) is 21.5 Å². The molecule has 0 fully saturated rings. The largest absolute Gasteiger partial charge is 0.399 e. The van der Waals surface area contributed by atoms with E-state index in [2.05, 4.69) is 40.3 Å². The topological polar surface area (TPSA) is 38.0 Å². The second kappa shape index (κ2) is 4.58. The predicted octanol–water partition coefficient (Wildman–Crippen LogP) is 4.08. The molecule has 0 saturated carbocycles. The molecule has 0 radical (unpaired) electrons. The third-order valence-electron chi connectivity index (χ3n) is 2.35. The van der Waals surface area contributed by atoms with Crippen molar-refractivity contribution in [2.75, 3.05) is 11.1 Å². The lowest BCUT2D eigenvalue weighted by Gasteiger charge is -2.08. The van der Waals surface area contributed by atoms with Crippen molar-refractivity contribution >= 4 is 33.0 Å². The van der Waals surface area contributed by atoms with Gasteiger partial charge in [-0.05, 0) is 42.8 Å². The van der Waals surface area contributed by atoms with Crippen LogP contribution in [0, 0.1) is 6.92 Å². The molecule has 16 heavy (non-hydrogen) atoms. The Bertz CT molecular complexity index is 509. The highest BCUT2D eigenvalue weighted by Crippen LogP contribution is 2.24. The maximum Gasteiger partial charge on any atom is 0.0404 e. The molecule has 0 aliphatic heterocycles. The highest BCUT2D eigenvalue weighted by atomic mass is 79.9. The average Bonchev–Trinajstić information content (AvgIpc) is 2.24. The van der Waals surface area contributed by atoms with Gasteiger partial charge in [0.15, 0.2) is 0 Å². The smallest absolute Gasteiger partial charge is 0.0404 e. The number of halogens is 1. The van der Waals surface area contributed by atoms with Gasteiger partial charge in [-0.3, -0.25) is 0 Å². The molecule has 0 aromatic heterocycles. The number of hydrogen-bond acceptors (Lipinski definition) is 2. The third kappa shape index (κ3) is 2.55. The van der Waals surface area contributed by atoms with Gasteiger partial charge in [0.2, 0.25) is 0 Å². The number of nitrogens with two attached hydrogens (primary N) is 1. The Balaban J connectivity index is 2.24. The Morgan fingerprint density at radius 2 is 1.81 bits per heavy atom. The fourth-order valence-electron chi connectivity index (χ4n) is 1.45. The molecule has 0 heterocycles. The minimum atomic E-state index is 0.760. The van der Waals surface area contributed by atoms with Crippen LogP contribution in [0.1, 0.15) is 5.56 Å². The molecule has 3 N–H and O–H groups in total. The molecule has 2 rings (SSSR count). The lowest BCUT2D eigenvalue weighted by Crippen LogP contribution is -1.92. The molecule has 3 heteroatoms. The zero-order valence-corrected chi connectivity index (χ0v) is 10.6. The molecule has 2 aromatic carbocycles. The van der Waals surface area contributed by atoms with E-state index in [-0.39, 0.29) is 0 Å². The molecular weight excluding hydrogens is 264 g/mol. The Labute approximate surface area is 104 Å². The van der Waals surface area contributed by atoms with Gasteiger partial charge in [-0.15, -0.1) is 0 Å². The second-order valence-corrected chi connectivity index (χ2v) is 4.57. The first-order valence-electron chi connectivity index (χ1n) is 5.04. The summed E-state index contributed by atoms with van der Waals surface area (Å²) in [6.45, 7) is 2.06. The van der Waals surface area contributed by atoms with Crippen LogP contribution in [0.5, 0.6) is 0 Å². The van der Waals surface area contributed by atoms with E-state index in [1.54, 1.807) is 0 Å². The van der Waals surface area contributed by atoms with Crippen molar-refractivity contribution in [2.24, 2.45) is 0 Å². The number of hydrogen-bond donors (Lipinski definition) is 2. The molecule has 0 amide bonds. The van der Waals surface area contributed by atoms with E-state index in [4.69, 9.17) is 5.73 Å². The van der Waals surface area contributed by atoms with Crippen LogP contribution in [0.2, 0.25) is 0 Å². The summed E-state index contributed by atoms with van der Waals surface area (Å²) in [5.74, 6) is 0. The van der Waals surface area contributed by atoms with E-state index in [1.807, 2.05) is 30.3 Å². The average molecular weight is 277 g/mol. The molecule has 2 nitrogen and oxygen atoms in total. The first-order valence-corrected chi connectivity index (χ1v) is 5.83. The highest BCUT2D eigenvalue weighted by molar-refractivity contribution is 9.10. The summed E-state index contributed by atoms with van der Waals surface area (Å²) < 4.78 is 1.10. The van der Waals surface area contributed by atoms with Crippen molar-refractivity contribution in [1.29, 1.82) is 0 Å². The van der Waals surface area contributed by atoms with Crippen LogP contribution in [0.4, 0.5) is 17.1 Å². The van der Waals surface area contributed by atoms with Crippen LogP contribution in [0.3, 0.4) is 0 Å². The second-order valence-electron chi connectivity index (χ2n) is 3.71. The standard InChI is InChI=1S/C13H13BrN2/c1-9-5-6-12(8-13(9)14)16-11-4-2-3-10(15)7-11/h2-8,16H,15H2,1H3. The molecule has 0 aliphatic carbocycles. The Morgan fingerprint density at radius 3 is 2.50 bits per heavy atom. The van der Waals surface area contributed by atoms with E-state index in [0.717, 1.165) is 21.5 Å². The van der Waals surface area contributed by atoms with Crippen molar-refractivity contribution in [1.82, 2.24) is 0 Å². The summed E-state index contributed by atoms with van der Waals surface area (Å²) in [6, 6.07) is 13.9. The van der Waals surface area contributed by atoms with Crippen LogP contribution < -0.4 is 11.1 Å².